The molecule has 0 unspecified atom stereocenters. The molecule has 62 valence electrons. The Balaban J connectivity index is 2.99. The summed E-state index contributed by atoms with van der Waals surface area (Å²) in [6.45, 7) is 1.89. The van der Waals surface area contributed by atoms with E-state index in [4.69, 9.17) is 5.73 Å². The monoisotopic (exact) mass is 275 g/mol. The predicted octanol–water partition coefficient (Wildman–Crippen LogP) is 0.915. The summed E-state index contributed by atoms with van der Waals surface area (Å²) < 4.78 is 1.67. The first-order chi connectivity index (χ1) is 5.70. The topological polar surface area (TPSA) is 69.6 Å². The van der Waals surface area contributed by atoms with Crippen LogP contribution in [0.2, 0.25) is 0 Å². The van der Waals surface area contributed by atoms with Gasteiger partial charge in [0.25, 0.3) is 0 Å². The van der Waals surface area contributed by atoms with Crippen LogP contribution in [0.15, 0.2) is 6.33 Å². The highest BCUT2D eigenvalue weighted by Crippen LogP contribution is 2.21. The van der Waals surface area contributed by atoms with Crippen molar-refractivity contribution in [1.29, 1.82) is 0 Å². The Morgan fingerprint density at radius 2 is 2.25 bits per heavy atom. The zero-order valence-electron chi connectivity index (χ0n) is 6.32. The van der Waals surface area contributed by atoms with E-state index in [1.165, 1.54) is 6.33 Å². The molecule has 6 heteroatoms. The minimum atomic E-state index is 0.486. The molecule has 0 bridgehead atoms. The number of aromatic nitrogens is 4. The summed E-state index contributed by atoms with van der Waals surface area (Å²) in [6.07, 6.45) is 1.44. The first kappa shape index (κ1) is 7.71. The third kappa shape index (κ3) is 0.942. The highest BCUT2D eigenvalue weighted by atomic mass is 127. The fraction of sp³-hybridized carbons (Fsp3) is 0.167. The van der Waals surface area contributed by atoms with Crippen molar-refractivity contribution in [2.24, 2.45) is 0 Å². The second kappa shape index (κ2) is 2.54. The number of anilines is 1. The molecule has 2 aromatic rings. The molecule has 2 heterocycles. The van der Waals surface area contributed by atoms with Crippen molar-refractivity contribution in [3.05, 3.63) is 12.0 Å². The molecule has 0 aliphatic rings. The molecule has 0 radical (unpaired) electrons. The van der Waals surface area contributed by atoms with Crippen LogP contribution in [0.3, 0.4) is 0 Å². The van der Waals surface area contributed by atoms with Crippen molar-refractivity contribution in [2.75, 3.05) is 5.73 Å². The summed E-state index contributed by atoms with van der Waals surface area (Å²) in [6, 6.07) is 0. The quantitative estimate of drug-likeness (QED) is 0.726. The second-order valence-electron chi connectivity index (χ2n) is 2.40. The minimum absolute atomic E-state index is 0.486. The lowest BCUT2D eigenvalue weighted by Crippen LogP contribution is -1.92. The molecule has 0 atom stereocenters. The molecule has 0 amide bonds. The number of rotatable bonds is 0. The standard InChI is InChI=1S/C6H6IN5/c1-3-4-5(8)9-2-10-6(4)12(7)11-3/h2H,1H3,(H2,8,9,10). The number of halogens is 1. The zero-order valence-corrected chi connectivity index (χ0v) is 8.48. The third-order valence-electron chi connectivity index (χ3n) is 1.63. The largest absolute Gasteiger partial charge is 0.383 e. The lowest BCUT2D eigenvalue weighted by Gasteiger charge is -1.93. The van der Waals surface area contributed by atoms with Crippen molar-refractivity contribution in [1.82, 2.24) is 18.0 Å². The zero-order chi connectivity index (χ0) is 8.72. The van der Waals surface area contributed by atoms with Crippen molar-refractivity contribution in [2.45, 2.75) is 6.92 Å². The van der Waals surface area contributed by atoms with Crippen molar-refractivity contribution >= 4 is 39.7 Å². The molecule has 2 N–H and O–H groups in total. The predicted molar refractivity (Wildman–Crippen MR) is 53.9 cm³/mol. The van der Waals surface area contributed by atoms with Crippen LogP contribution in [0, 0.1) is 6.92 Å². The number of aryl methyl sites for hydroxylation is 1. The molecule has 2 aromatic heterocycles. The first-order valence-corrected chi connectivity index (χ1v) is 4.28. The van der Waals surface area contributed by atoms with E-state index in [0.717, 1.165) is 16.7 Å². The molecular weight excluding hydrogens is 269 g/mol. The van der Waals surface area contributed by atoms with Crippen LogP contribution in [-0.4, -0.2) is 18.0 Å². The Morgan fingerprint density at radius 1 is 1.50 bits per heavy atom. The summed E-state index contributed by atoms with van der Waals surface area (Å²) in [5.41, 5.74) is 7.29. The Kier molecular flexibility index (Phi) is 1.63. The van der Waals surface area contributed by atoms with E-state index in [0.29, 0.717) is 5.82 Å². The van der Waals surface area contributed by atoms with Gasteiger partial charge in [0.1, 0.15) is 12.1 Å². The van der Waals surface area contributed by atoms with Gasteiger partial charge in [-0.15, -0.1) is 0 Å². The molecule has 0 saturated heterocycles. The second-order valence-corrected chi connectivity index (χ2v) is 3.32. The molecule has 0 spiro atoms. The number of nitrogen functional groups attached to an aromatic ring is 1. The van der Waals surface area contributed by atoms with Gasteiger partial charge in [-0.2, -0.15) is 7.99 Å². The smallest absolute Gasteiger partial charge is 0.173 e. The number of nitrogens with two attached hydrogens (primary N) is 1. The highest BCUT2D eigenvalue weighted by molar-refractivity contribution is 14.1. The summed E-state index contributed by atoms with van der Waals surface area (Å²) in [4.78, 5) is 7.96. The maximum Gasteiger partial charge on any atom is 0.173 e. The lowest BCUT2D eigenvalue weighted by atomic mass is 10.3. The van der Waals surface area contributed by atoms with Gasteiger partial charge in [0.15, 0.2) is 5.65 Å². The third-order valence-corrected chi connectivity index (χ3v) is 2.30. The van der Waals surface area contributed by atoms with Crippen molar-refractivity contribution < 1.29 is 0 Å². The van der Waals surface area contributed by atoms with E-state index in [2.05, 4.69) is 37.9 Å². The normalized spacial score (nSPS) is 10.8. The molecular formula is C6H6IN5. The van der Waals surface area contributed by atoms with E-state index in [1.54, 1.807) is 2.90 Å². The van der Waals surface area contributed by atoms with E-state index in [-0.39, 0.29) is 0 Å². The molecule has 0 aliphatic heterocycles. The summed E-state index contributed by atoms with van der Waals surface area (Å²) >= 11 is 2.06. The Labute approximate surface area is 82.5 Å². The van der Waals surface area contributed by atoms with Crippen molar-refractivity contribution in [3.63, 3.8) is 0 Å². The van der Waals surface area contributed by atoms with Gasteiger partial charge in [-0.05, 0) is 6.92 Å². The molecule has 0 saturated carbocycles. The molecule has 2 rings (SSSR count). The average Bonchev–Trinajstić information content (AvgIpc) is 2.29. The molecule has 0 aromatic carbocycles. The SMILES string of the molecule is Cc1nn(I)c2ncnc(N)c12. The van der Waals surface area contributed by atoms with Crippen LogP contribution in [0.25, 0.3) is 11.0 Å². The van der Waals surface area contributed by atoms with Crippen LogP contribution < -0.4 is 5.73 Å². The molecule has 0 fully saturated rings. The van der Waals surface area contributed by atoms with Gasteiger partial charge in [-0.25, -0.2) is 9.97 Å². The summed E-state index contributed by atoms with van der Waals surface area (Å²) in [5.74, 6) is 0.486. The van der Waals surface area contributed by atoms with Crippen LogP contribution in [0.1, 0.15) is 5.69 Å². The van der Waals surface area contributed by atoms with Gasteiger partial charge in [0, 0.05) is 0 Å². The minimum Gasteiger partial charge on any atom is -0.383 e. The fourth-order valence-corrected chi connectivity index (χ4v) is 1.79. The van der Waals surface area contributed by atoms with Gasteiger partial charge in [-0.3, -0.25) is 0 Å². The van der Waals surface area contributed by atoms with Crippen LogP contribution in [-0.2, 0) is 0 Å². The first-order valence-electron chi connectivity index (χ1n) is 3.32. The maximum absolute atomic E-state index is 5.66. The summed E-state index contributed by atoms with van der Waals surface area (Å²) in [7, 11) is 0. The molecule has 12 heavy (non-hydrogen) atoms. The van der Waals surface area contributed by atoms with Crippen LogP contribution in [0.4, 0.5) is 5.82 Å². The number of hydrogen-bond donors (Lipinski definition) is 1. The number of nitrogens with zero attached hydrogens (tertiary/aromatic N) is 4. The van der Waals surface area contributed by atoms with Gasteiger partial charge >= 0.3 is 0 Å². The average molecular weight is 275 g/mol. The van der Waals surface area contributed by atoms with E-state index in [9.17, 15) is 0 Å². The van der Waals surface area contributed by atoms with Crippen LogP contribution in [0.5, 0.6) is 0 Å². The molecule has 5 nitrogen and oxygen atoms in total. The molecule has 0 aliphatic carbocycles. The Bertz CT molecular complexity index is 435. The Morgan fingerprint density at radius 3 is 2.92 bits per heavy atom. The highest BCUT2D eigenvalue weighted by Gasteiger charge is 2.09. The van der Waals surface area contributed by atoms with Gasteiger partial charge in [-0.1, -0.05) is 0 Å². The van der Waals surface area contributed by atoms with E-state index >= 15 is 0 Å². The van der Waals surface area contributed by atoms with Crippen molar-refractivity contribution in [3.8, 4) is 0 Å². The number of hydrogen-bond acceptors (Lipinski definition) is 4. The van der Waals surface area contributed by atoms with Gasteiger partial charge < -0.3 is 5.73 Å². The van der Waals surface area contributed by atoms with E-state index < -0.39 is 0 Å². The summed E-state index contributed by atoms with van der Waals surface area (Å²) in [5, 5.41) is 5.01. The van der Waals surface area contributed by atoms with Crippen LogP contribution >= 0.6 is 22.9 Å². The fourth-order valence-electron chi connectivity index (χ4n) is 1.11. The lowest BCUT2D eigenvalue weighted by molar-refractivity contribution is 1.02. The van der Waals surface area contributed by atoms with Gasteiger partial charge in [0.05, 0.1) is 33.9 Å². The van der Waals surface area contributed by atoms with Gasteiger partial charge in [0.2, 0.25) is 0 Å². The Hall–Kier alpha value is -0.920. The van der Waals surface area contributed by atoms with E-state index in [1.807, 2.05) is 6.92 Å². The maximum atomic E-state index is 5.66. The number of fused-ring (bicyclic) bond motifs is 1.